The normalized spacial score (nSPS) is 15.4. The van der Waals surface area contributed by atoms with Crippen molar-refractivity contribution in [2.45, 2.75) is 58.6 Å². The number of hydrogen-bond acceptors (Lipinski definition) is 3. The Kier molecular flexibility index (Phi) is 9.99. The number of nitrogens with one attached hydrogen (secondary N) is 1. The minimum Gasteiger partial charge on any atom is -0.392 e. The van der Waals surface area contributed by atoms with Crippen molar-refractivity contribution in [3.63, 3.8) is 0 Å². The van der Waals surface area contributed by atoms with Crippen molar-refractivity contribution in [3.05, 3.63) is 0 Å². The van der Waals surface area contributed by atoms with Gasteiger partial charge in [0.05, 0.1) is 12.7 Å². The third kappa shape index (κ3) is 9.13. The number of aliphatic hydroxyl groups excluding tert-OH is 1. The Bertz CT molecular complexity index is 151. The zero-order valence-corrected chi connectivity index (χ0v) is 11.3. The van der Waals surface area contributed by atoms with Gasteiger partial charge >= 0.3 is 0 Å². The van der Waals surface area contributed by atoms with Crippen LogP contribution in [0.2, 0.25) is 0 Å². The first-order valence-electron chi connectivity index (χ1n) is 6.50. The number of hydrogen-bond donors (Lipinski definition) is 2. The number of rotatable bonds is 10. The molecule has 98 valence electrons. The van der Waals surface area contributed by atoms with Crippen LogP contribution in [0.3, 0.4) is 0 Å². The first-order valence-corrected chi connectivity index (χ1v) is 6.50. The first-order chi connectivity index (χ1) is 7.60. The van der Waals surface area contributed by atoms with Crippen molar-refractivity contribution >= 4 is 0 Å². The molecule has 16 heavy (non-hydrogen) atoms. The highest BCUT2D eigenvalue weighted by molar-refractivity contribution is 4.70. The van der Waals surface area contributed by atoms with Gasteiger partial charge < -0.3 is 15.2 Å². The number of ether oxygens (including phenoxy) is 1. The molecule has 2 atom stereocenters. The molecule has 0 aromatic heterocycles. The van der Waals surface area contributed by atoms with Crippen LogP contribution >= 0.6 is 0 Å². The van der Waals surface area contributed by atoms with Crippen molar-refractivity contribution in [1.29, 1.82) is 0 Å². The van der Waals surface area contributed by atoms with Crippen LogP contribution in [-0.4, -0.2) is 37.5 Å². The summed E-state index contributed by atoms with van der Waals surface area (Å²) in [5.41, 5.74) is 0. The lowest BCUT2D eigenvalue weighted by Gasteiger charge is -2.20. The quantitative estimate of drug-likeness (QED) is 0.605. The molecule has 2 unspecified atom stereocenters. The number of aliphatic hydroxyl groups is 1. The van der Waals surface area contributed by atoms with Crippen LogP contribution < -0.4 is 5.32 Å². The van der Waals surface area contributed by atoms with Crippen LogP contribution in [0.1, 0.15) is 46.5 Å². The predicted molar refractivity (Wildman–Crippen MR) is 68.7 cm³/mol. The third-order valence-corrected chi connectivity index (χ3v) is 2.66. The number of unbranched alkanes of at least 4 members (excludes halogenated alkanes) is 1. The molecule has 0 saturated heterocycles. The van der Waals surface area contributed by atoms with E-state index in [0.29, 0.717) is 18.5 Å². The molecule has 3 heteroatoms. The van der Waals surface area contributed by atoms with E-state index in [1.807, 2.05) is 0 Å². The van der Waals surface area contributed by atoms with Gasteiger partial charge in [0.1, 0.15) is 0 Å². The highest BCUT2D eigenvalue weighted by Crippen LogP contribution is 2.05. The van der Waals surface area contributed by atoms with E-state index in [1.54, 1.807) is 7.11 Å². The second-order valence-electron chi connectivity index (χ2n) is 4.99. The summed E-state index contributed by atoms with van der Waals surface area (Å²) in [7, 11) is 1.73. The molecule has 0 aromatic carbocycles. The van der Waals surface area contributed by atoms with Gasteiger partial charge in [0.15, 0.2) is 0 Å². The molecule has 0 aliphatic carbocycles. The van der Waals surface area contributed by atoms with Crippen LogP contribution in [0.4, 0.5) is 0 Å². The maximum absolute atomic E-state index is 9.76. The summed E-state index contributed by atoms with van der Waals surface area (Å²) < 4.78 is 5.17. The Morgan fingerprint density at radius 1 is 1.31 bits per heavy atom. The monoisotopic (exact) mass is 231 g/mol. The average molecular weight is 231 g/mol. The molecule has 0 rings (SSSR count). The minimum absolute atomic E-state index is 0.235. The van der Waals surface area contributed by atoms with Crippen LogP contribution in [0.15, 0.2) is 0 Å². The molecular formula is C13H29NO2. The molecule has 0 heterocycles. The van der Waals surface area contributed by atoms with E-state index in [9.17, 15) is 5.11 Å². The van der Waals surface area contributed by atoms with Gasteiger partial charge in [-0.1, -0.05) is 33.6 Å². The van der Waals surface area contributed by atoms with Crippen LogP contribution in [0.25, 0.3) is 0 Å². The second kappa shape index (κ2) is 10.1. The van der Waals surface area contributed by atoms with Crippen molar-refractivity contribution < 1.29 is 9.84 Å². The predicted octanol–water partition coefficient (Wildman–Crippen LogP) is 2.19. The Morgan fingerprint density at radius 3 is 2.50 bits per heavy atom. The summed E-state index contributed by atoms with van der Waals surface area (Å²) in [5, 5.41) is 13.1. The highest BCUT2D eigenvalue weighted by atomic mass is 16.5. The molecule has 2 N–H and O–H groups in total. The van der Waals surface area contributed by atoms with Crippen molar-refractivity contribution in [1.82, 2.24) is 5.32 Å². The molecule has 0 saturated carbocycles. The van der Waals surface area contributed by atoms with Gasteiger partial charge in [-0.25, -0.2) is 0 Å². The fraction of sp³-hybridized carbons (Fsp3) is 1.00. The smallest absolute Gasteiger partial charge is 0.0667 e. The van der Waals surface area contributed by atoms with Crippen molar-refractivity contribution in [2.75, 3.05) is 20.3 Å². The van der Waals surface area contributed by atoms with Gasteiger partial charge in [0.2, 0.25) is 0 Å². The van der Waals surface area contributed by atoms with Crippen LogP contribution in [0.5, 0.6) is 0 Å². The average Bonchev–Trinajstić information content (AvgIpc) is 2.21. The van der Waals surface area contributed by atoms with E-state index >= 15 is 0 Å². The van der Waals surface area contributed by atoms with Crippen LogP contribution in [-0.2, 0) is 4.74 Å². The van der Waals surface area contributed by atoms with Gasteiger partial charge in [-0.05, 0) is 18.8 Å². The van der Waals surface area contributed by atoms with Crippen molar-refractivity contribution in [2.24, 2.45) is 5.92 Å². The largest absolute Gasteiger partial charge is 0.392 e. The van der Waals surface area contributed by atoms with Crippen molar-refractivity contribution in [3.8, 4) is 0 Å². The molecule has 3 nitrogen and oxygen atoms in total. The summed E-state index contributed by atoms with van der Waals surface area (Å²) in [6, 6.07) is 0.381. The highest BCUT2D eigenvalue weighted by Gasteiger charge is 2.11. The number of methoxy groups -OCH3 is 1. The molecule has 0 bridgehead atoms. The van der Waals surface area contributed by atoms with Gasteiger partial charge in [-0.2, -0.15) is 0 Å². The van der Waals surface area contributed by atoms with E-state index in [-0.39, 0.29) is 6.10 Å². The fourth-order valence-corrected chi connectivity index (χ4v) is 1.83. The second-order valence-corrected chi connectivity index (χ2v) is 4.99. The molecule has 0 amide bonds. The molecule has 0 aromatic rings. The van der Waals surface area contributed by atoms with Crippen LogP contribution in [0, 0.1) is 5.92 Å². The Hall–Kier alpha value is -0.120. The molecule has 0 radical (unpaired) electrons. The van der Waals surface area contributed by atoms with E-state index in [2.05, 4.69) is 26.1 Å². The summed E-state index contributed by atoms with van der Waals surface area (Å²) >= 11 is 0. The molecule has 0 aliphatic heterocycles. The third-order valence-electron chi connectivity index (χ3n) is 2.66. The Labute approximate surface area is 101 Å². The van der Waals surface area contributed by atoms with E-state index < -0.39 is 0 Å². The Morgan fingerprint density at radius 2 is 2.00 bits per heavy atom. The summed E-state index contributed by atoms with van der Waals surface area (Å²) in [4.78, 5) is 0. The standard InChI is InChI=1S/C13H29NO2/c1-5-6-7-12(10-16-4)14-9-13(15)8-11(2)3/h11-15H,5-10H2,1-4H3. The fourth-order valence-electron chi connectivity index (χ4n) is 1.83. The van der Waals surface area contributed by atoms with Gasteiger partial charge in [-0.15, -0.1) is 0 Å². The van der Waals surface area contributed by atoms with Gasteiger partial charge in [0.25, 0.3) is 0 Å². The lowest BCUT2D eigenvalue weighted by atomic mass is 10.1. The van der Waals surface area contributed by atoms with E-state index in [4.69, 9.17) is 4.74 Å². The Balaban J connectivity index is 3.72. The van der Waals surface area contributed by atoms with E-state index in [0.717, 1.165) is 19.4 Å². The summed E-state index contributed by atoms with van der Waals surface area (Å²) in [6.45, 7) is 7.86. The molecule has 0 aliphatic rings. The lowest BCUT2D eigenvalue weighted by Crippen LogP contribution is -2.38. The molecule has 0 fully saturated rings. The minimum atomic E-state index is -0.235. The summed E-state index contributed by atoms with van der Waals surface area (Å²) in [6.07, 6.45) is 4.16. The molecular weight excluding hydrogens is 202 g/mol. The molecule has 0 spiro atoms. The SMILES string of the molecule is CCCCC(COC)NCC(O)CC(C)C. The topological polar surface area (TPSA) is 41.5 Å². The van der Waals surface area contributed by atoms with Gasteiger partial charge in [-0.3, -0.25) is 0 Å². The maximum Gasteiger partial charge on any atom is 0.0667 e. The first kappa shape index (κ1) is 15.9. The summed E-state index contributed by atoms with van der Waals surface area (Å²) in [5.74, 6) is 0.549. The van der Waals surface area contributed by atoms with E-state index in [1.165, 1.54) is 12.8 Å². The van der Waals surface area contributed by atoms with Gasteiger partial charge in [0, 0.05) is 19.7 Å². The lowest BCUT2D eigenvalue weighted by molar-refractivity contribution is 0.122. The maximum atomic E-state index is 9.76. The zero-order valence-electron chi connectivity index (χ0n) is 11.3. The zero-order chi connectivity index (χ0) is 12.4.